The van der Waals surface area contributed by atoms with E-state index in [0.29, 0.717) is 6.42 Å². The van der Waals surface area contributed by atoms with Crippen molar-refractivity contribution in [3.63, 3.8) is 0 Å². The predicted octanol–water partition coefficient (Wildman–Crippen LogP) is -0.0708. The van der Waals surface area contributed by atoms with Gasteiger partial charge in [0.25, 0.3) is 5.91 Å². The first-order chi connectivity index (χ1) is 7.94. The Hall–Kier alpha value is -1.88. The molecule has 4 N–H and O–H groups in total. The SMILES string of the molecule is CC(=O)NC(O)(CCc1ccccc1)C(N)=O. The average Bonchev–Trinajstić information content (AvgIpc) is 2.27. The third kappa shape index (κ3) is 3.88. The lowest BCUT2D eigenvalue weighted by atomic mass is 10.0. The van der Waals surface area contributed by atoms with E-state index >= 15 is 0 Å². The van der Waals surface area contributed by atoms with Gasteiger partial charge in [-0.05, 0) is 12.0 Å². The van der Waals surface area contributed by atoms with Crippen LogP contribution in [0.25, 0.3) is 0 Å². The molecule has 1 unspecified atom stereocenters. The molecule has 0 saturated carbocycles. The van der Waals surface area contributed by atoms with Crippen LogP contribution in [0.3, 0.4) is 0 Å². The Morgan fingerprint density at radius 3 is 2.41 bits per heavy atom. The van der Waals surface area contributed by atoms with Gasteiger partial charge >= 0.3 is 0 Å². The number of aliphatic hydroxyl groups is 1. The molecule has 0 fully saturated rings. The van der Waals surface area contributed by atoms with Crippen LogP contribution in [0.1, 0.15) is 18.9 Å². The summed E-state index contributed by atoms with van der Waals surface area (Å²) in [7, 11) is 0. The third-order valence-electron chi connectivity index (χ3n) is 2.41. The quantitative estimate of drug-likeness (QED) is 0.625. The summed E-state index contributed by atoms with van der Waals surface area (Å²) in [6, 6.07) is 9.33. The first-order valence-electron chi connectivity index (χ1n) is 5.29. The number of carbonyl (C=O) groups excluding carboxylic acids is 2. The second kappa shape index (κ2) is 5.45. The minimum atomic E-state index is -1.98. The van der Waals surface area contributed by atoms with E-state index in [-0.39, 0.29) is 6.42 Å². The molecule has 92 valence electrons. The molecule has 0 aliphatic heterocycles. The van der Waals surface area contributed by atoms with E-state index in [9.17, 15) is 14.7 Å². The van der Waals surface area contributed by atoms with Gasteiger partial charge in [-0.15, -0.1) is 0 Å². The molecular weight excluding hydrogens is 220 g/mol. The van der Waals surface area contributed by atoms with Crippen LogP contribution in [0.2, 0.25) is 0 Å². The Bertz CT molecular complexity index is 405. The van der Waals surface area contributed by atoms with Crippen LogP contribution in [-0.4, -0.2) is 22.6 Å². The van der Waals surface area contributed by atoms with Crippen molar-refractivity contribution in [1.82, 2.24) is 5.32 Å². The highest BCUT2D eigenvalue weighted by Crippen LogP contribution is 2.11. The van der Waals surface area contributed by atoms with E-state index in [1.807, 2.05) is 30.3 Å². The van der Waals surface area contributed by atoms with Crippen molar-refractivity contribution in [2.45, 2.75) is 25.5 Å². The molecule has 0 aliphatic carbocycles. The highest BCUT2D eigenvalue weighted by atomic mass is 16.3. The van der Waals surface area contributed by atoms with Crippen molar-refractivity contribution in [3.05, 3.63) is 35.9 Å². The van der Waals surface area contributed by atoms with Gasteiger partial charge in [-0.25, -0.2) is 0 Å². The van der Waals surface area contributed by atoms with Gasteiger partial charge in [-0.3, -0.25) is 9.59 Å². The van der Waals surface area contributed by atoms with Gasteiger partial charge in [-0.1, -0.05) is 30.3 Å². The molecule has 0 aliphatic rings. The van der Waals surface area contributed by atoms with Gasteiger partial charge in [0.15, 0.2) is 0 Å². The number of nitrogens with two attached hydrogens (primary N) is 1. The molecule has 1 aromatic rings. The van der Waals surface area contributed by atoms with Crippen LogP contribution in [0.15, 0.2) is 30.3 Å². The zero-order chi connectivity index (χ0) is 12.9. The molecule has 5 nitrogen and oxygen atoms in total. The summed E-state index contributed by atoms with van der Waals surface area (Å²) in [5, 5.41) is 12.1. The first-order valence-corrected chi connectivity index (χ1v) is 5.29. The molecule has 17 heavy (non-hydrogen) atoms. The van der Waals surface area contributed by atoms with Crippen molar-refractivity contribution in [2.75, 3.05) is 0 Å². The van der Waals surface area contributed by atoms with E-state index in [2.05, 4.69) is 5.32 Å². The van der Waals surface area contributed by atoms with Gasteiger partial charge in [0.05, 0.1) is 0 Å². The van der Waals surface area contributed by atoms with Crippen LogP contribution >= 0.6 is 0 Å². The molecule has 0 radical (unpaired) electrons. The van der Waals surface area contributed by atoms with Crippen molar-refractivity contribution < 1.29 is 14.7 Å². The zero-order valence-corrected chi connectivity index (χ0v) is 9.64. The lowest BCUT2D eigenvalue weighted by Crippen LogP contribution is -2.57. The van der Waals surface area contributed by atoms with E-state index < -0.39 is 17.5 Å². The van der Waals surface area contributed by atoms with Gasteiger partial charge in [0, 0.05) is 13.3 Å². The molecule has 2 amide bonds. The van der Waals surface area contributed by atoms with E-state index in [1.54, 1.807) is 0 Å². The number of aryl methyl sites for hydroxylation is 1. The number of hydrogen-bond acceptors (Lipinski definition) is 3. The second-order valence-corrected chi connectivity index (χ2v) is 3.89. The summed E-state index contributed by atoms with van der Waals surface area (Å²) >= 11 is 0. The zero-order valence-electron chi connectivity index (χ0n) is 9.64. The number of nitrogens with one attached hydrogen (secondary N) is 1. The van der Waals surface area contributed by atoms with E-state index in [0.717, 1.165) is 5.56 Å². The Labute approximate surface area is 99.6 Å². The number of benzene rings is 1. The number of amides is 2. The number of hydrogen-bond donors (Lipinski definition) is 3. The average molecular weight is 236 g/mol. The van der Waals surface area contributed by atoms with Crippen LogP contribution in [0, 0.1) is 0 Å². The van der Waals surface area contributed by atoms with Crippen molar-refractivity contribution in [1.29, 1.82) is 0 Å². The van der Waals surface area contributed by atoms with E-state index in [1.165, 1.54) is 6.92 Å². The minimum absolute atomic E-state index is 0.0475. The molecule has 0 heterocycles. The number of carbonyl (C=O) groups is 2. The maximum atomic E-state index is 11.1. The summed E-state index contributed by atoms with van der Waals surface area (Å²) in [6.07, 6.45) is 0.493. The summed E-state index contributed by atoms with van der Waals surface area (Å²) in [4.78, 5) is 22.0. The van der Waals surface area contributed by atoms with Crippen molar-refractivity contribution in [2.24, 2.45) is 5.73 Å². The fraction of sp³-hybridized carbons (Fsp3) is 0.333. The lowest BCUT2D eigenvalue weighted by Gasteiger charge is -2.25. The molecule has 0 aromatic heterocycles. The van der Waals surface area contributed by atoms with Crippen LogP contribution in [0.5, 0.6) is 0 Å². The monoisotopic (exact) mass is 236 g/mol. The van der Waals surface area contributed by atoms with Crippen LogP contribution in [0.4, 0.5) is 0 Å². The topological polar surface area (TPSA) is 92.4 Å². The highest BCUT2D eigenvalue weighted by molar-refractivity contribution is 5.87. The van der Waals surface area contributed by atoms with Gasteiger partial charge in [-0.2, -0.15) is 0 Å². The Morgan fingerprint density at radius 2 is 1.94 bits per heavy atom. The Balaban J connectivity index is 2.68. The fourth-order valence-corrected chi connectivity index (χ4v) is 1.51. The Morgan fingerprint density at radius 1 is 1.35 bits per heavy atom. The summed E-state index contributed by atoms with van der Waals surface area (Å²) in [6.45, 7) is 1.22. The predicted molar refractivity (Wildman–Crippen MR) is 62.7 cm³/mol. The summed E-state index contributed by atoms with van der Waals surface area (Å²) in [5.74, 6) is -1.46. The second-order valence-electron chi connectivity index (χ2n) is 3.89. The standard InChI is InChI=1S/C12H16N2O3/c1-9(15)14-12(17,11(13)16)8-7-10-5-3-2-4-6-10/h2-6,17H,7-8H2,1H3,(H2,13,16)(H,14,15). The summed E-state index contributed by atoms with van der Waals surface area (Å²) < 4.78 is 0. The molecule has 1 rings (SSSR count). The van der Waals surface area contributed by atoms with Gasteiger partial charge in [0.1, 0.15) is 0 Å². The molecule has 5 heteroatoms. The summed E-state index contributed by atoms with van der Waals surface area (Å²) in [5.41, 5.74) is 4.05. The lowest BCUT2D eigenvalue weighted by molar-refractivity contribution is -0.146. The largest absolute Gasteiger partial charge is 0.365 e. The van der Waals surface area contributed by atoms with Crippen molar-refractivity contribution >= 4 is 11.8 Å². The molecule has 1 atom stereocenters. The maximum absolute atomic E-state index is 11.1. The molecule has 0 bridgehead atoms. The van der Waals surface area contributed by atoms with Gasteiger partial charge in [0.2, 0.25) is 11.6 Å². The molecule has 0 saturated heterocycles. The molecular formula is C12H16N2O3. The maximum Gasteiger partial charge on any atom is 0.270 e. The normalized spacial score (nSPS) is 13.8. The fourth-order valence-electron chi connectivity index (χ4n) is 1.51. The number of rotatable bonds is 5. The highest BCUT2D eigenvalue weighted by Gasteiger charge is 2.34. The number of primary amides is 1. The first kappa shape index (κ1) is 13.2. The smallest absolute Gasteiger partial charge is 0.270 e. The van der Waals surface area contributed by atoms with E-state index in [4.69, 9.17) is 5.73 Å². The van der Waals surface area contributed by atoms with Gasteiger partial charge < -0.3 is 16.2 Å². The Kier molecular flexibility index (Phi) is 4.23. The minimum Gasteiger partial charge on any atom is -0.365 e. The molecule has 0 spiro atoms. The van der Waals surface area contributed by atoms with Crippen molar-refractivity contribution in [3.8, 4) is 0 Å². The third-order valence-corrected chi connectivity index (χ3v) is 2.41. The van der Waals surface area contributed by atoms with Crippen LogP contribution < -0.4 is 11.1 Å². The molecule has 1 aromatic carbocycles. The van der Waals surface area contributed by atoms with Crippen LogP contribution in [-0.2, 0) is 16.0 Å².